The number of benzene rings is 2. The van der Waals surface area contributed by atoms with E-state index in [1.807, 2.05) is 6.07 Å². The summed E-state index contributed by atoms with van der Waals surface area (Å²) < 4.78 is 23.9. The van der Waals surface area contributed by atoms with E-state index in [9.17, 15) is 14.4 Å². The van der Waals surface area contributed by atoms with Crippen molar-refractivity contribution in [1.29, 1.82) is 5.26 Å². The van der Waals surface area contributed by atoms with Gasteiger partial charge in [-0.1, -0.05) is 30.3 Å². The number of nitriles is 1. The van der Waals surface area contributed by atoms with Gasteiger partial charge in [-0.15, -0.1) is 0 Å². The molecule has 0 N–H and O–H groups in total. The van der Waals surface area contributed by atoms with Crippen molar-refractivity contribution in [1.82, 2.24) is 0 Å². The van der Waals surface area contributed by atoms with E-state index in [0.29, 0.717) is 11.3 Å². The maximum absolute atomic E-state index is 13.8. The molecule has 1 aromatic heterocycles. The van der Waals surface area contributed by atoms with Gasteiger partial charge in [0.05, 0.1) is 17.9 Å². The third-order valence-corrected chi connectivity index (χ3v) is 3.41. The summed E-state index contributed by atoms with van der Waals surface area (Å²) in [5, 5.41) is 9.28. The minimum absolute atomic E-state index is 0.107. The molecule has 3 rings (SSSR count). The maximum Gasteiger partial charge on any atom is 0.379 e. The molecule has 0 fully saturated rings. The topological polar surface area (TPSA) is 63.2 Å². The molecule has 0 bridgehead atoms. The molecule has 25 heavy (non-hydrogen) atoms. The summed E-state index contributed by atoms with van der Waals surface area (Å²) in [5.74, 6) is -0.616. The summed E-state index contributed by atoms with van der Waals surface area (Å²) in [7, 11) is 0. The molecule has 0 radical (unpaired) electrons. The molecule has 1 heterocycles. The first-order chi connectivity index (χ1) is 12.2. The van der Waals surface area contributed by atoms with Crippen LogP contribution in [0.4, 0.5) is 4.39 Å². The predicted octanol–water partition coefficient (Wildman–Crippen LogP) is 4.70. The Bertz CT molecular complexity index is 951. The van der Waals surface area contributed by atoms with E-state index in [1.54, 1.807) is 54.6 Å². The van der Waals surface area contributed by atoms with Crippen molar-refractivity contribution in [3.05, 3.63) is 89.6 Å². The second-order valence-electron chi connectivity index (χ2n) is 5.09. The van der Waals surface area contributed by atoms with Crippen LogP contribution < -0.4 is 4.74 Å². The van der Waals surface area contributed by atoms with Crippen LogP contribution in [0.25, 0.3) is 11.6 Å². The van der Waals surface area contributed by atoms with Crippen LogP contribution in [-0.2, 0) is 0 Å². The average Bonchev–Trinajstić information content (AvgIpc) is 3.17. The first kappa shape index (κ1) is 16.2. The van der Waals surface area contributed by atoms with Gasteiger partial charge in [-0.2, -0.15) is 5.26 Å². The number of hydrogen-bond acceptors (Lipinski definition) is 4. The van der Waals surface area contributed by atoms with Gasteiger partial charge in [0.1, 0.15) is 11.6 Å². The number of carbonyl (C=O) groups is 1. The van der Waals surface area contributed by atoms with Crippen LogP contribution in [0.5, 0.6) is 5.75 Å². The molecule has 0 spiro atoms. The van der Waals surface area contributed by atoms with Crippen molar-refractivity contribution >= 4 is 17.6 Å². The lowest BCUT2D eigenvalue weighted by Gasteiger charge is -2.04. The molecule has 0 atom stereocenters. The number of rotatable bonds is 4. The van der Waals surface area contributed by atoms with Crippen LogP contribution in [0.15, 0.2) is 71.3 Å². The summed E-state index contributed by atoms with van der Waals surface area (Å²) in [6, 6.07) is 17.7. The Balaban J connectivity index is 1.79. The lowest BCUT2D eigenvalue weighted by atomic mass is 10.0. The van der Waals surface area contributed by atoms with E-state index < -0.39 is 11.8 Å². The molecule has 0 saturated heterocycles. The van der Waals surface area contributed by atoms with Gasteiger partial charge in [0.25, 0.3) is 0 Å². The van der Waals surface area contributed by atoms with Crippen LogP contribution in [0.2, 0.25) is 0 Å². The zero-order chi connectivity index (χ0) is 17.6. The monoisotopic (exact) mass is 333 g/mol. The van der Waals surface area contributed by atoms with Gasteiger partial charge in [0.2, 0.25) is 5.76 Å². The molecule has 5 heteroatoms. The van der Waals surface area contributed by atoms with Gasteiger partial charge >= 0.3 is 5.97 Å². The van der Waals surface area contributed by atoms with Gasteiger partial charge < -0.3 is 9.15 Å². The molecule has 0 aliphatic carbocycles. The third-order valence-electron chi connectivity index (χ3n) is 3.41. The minimum Gasteiger partial charge on any atom is -0.457 e. The van der Waals surface area contributed by atoms with Crippen molar-refractivity contribution in [2.75, 3.05) is 0 Å². The van der Waals surface area contributed by atoms with Crippen LogP contribution in [0.3, 0.4) is 0 Å². The van der Waals surface area contributed by atoms with E-state index in [0.717, 1.165) is 0 Å². The largest absolute Gasteiger partial charge is 0.457 e. The Morgan fingerprint density at radius 3 is 2.48 bits per heavy atom. The fourth-order valence-corrected chi connectivity index (χ4v) is 2.20. The molecule has 4 nitrogen and oxygen atoms in total. The molecule has 0 aliphatic rings. The molecule has 0 unspecified atom stereocenters. The molecule has 0 amide bonds. The molecule has 122 valence electrons. The Morgan fingerprint density at radius 2 is 1.84 bits per heavy atom. The SMILES string of the molecule is N#C/C(=C/c1ccc(OC(=O)c2ccco2)cc1)c1ccccc1F. The van der Waals surface area contributed by atoms with E-state index in [2.05, 4.69) is 0 Å². The lowest BCUT2D eigenvalue weighted by Crippen LogP contribution is -2.06. The Kier molecular flexibility index (Phi) is 4.72. The average molecular weight is 333 g/mol. The molecule has 2 aromatic carbocycles. The van der Waals surface area contributed by atoms with E-state index >= 15 is 0 Å². The van der Waals surface area contributed by atoms with Crippen LogP contribution in [0, 0.1) is 17.1 Å². The zero-order valence-electron chi connectivity index (χ0n) is 13.0. The first-order valence-corrected chi connectivity index (χ1v) is 7.40. The van der Waals surface area contributed by atoms with Gasteiger partial charge in [0, 0.05) is 5.56 Å². The maximum atomic E-state index is 13.8. The van der Waals surface area contributed by atoms with Crippen molar-refractivity contribution in [2.45, 2.75) is 0 Å². The number of halogens is 1. The summed E-state index contributed by atoms with van der Waals surface area (Å²) in [6.45, 7) is 0. The normalized spacial score (nSPS) is 11.0. The summed E-state index contributed by atoms with van der Waals surface area (Å²) in [5.41, 5.74) is 1.12. The number of furan rings is 1. The summed E-state index contributed by atoms with van der Waals surface area (Å²) in [4.78, 5) is 11.8. The number of allylic oxidation sites excluding steroid dienone is 1. The third kappa shape index (κ3) is 3.82. The fraction of sp³-hybridized carbons (Fsp3) is 0. The van der Waals surface area contributed by atoms with Crippen LogP contribution >= 0.6 is 0 Å². The molecular formula is C20H12FNO3. The molecular weight excluding hydrogens is 321 g/mol. The molecule has 0 aliphatic heterocycles. The minimum atomic E-state index is -0.600. The first-order valence-electron chi connectivity index (χ1n) is 7.40. The summed E-state index contributed by atoms with van der Waals surface area (Å²) >= 11 is 0. The van der Waals surface area contributed by atoms with Crippen molar-refractivity contribution in [2.24, 2.45) is 0 Å². The highest BCUT2D eigenvalue weighted by Crippen LogP contribution is 2.22. The summed E-state index contributed by atoms with van der Waals surface area (Å²) in [6.07, 6.45) is 2.95. The second-order valence-corrected chi connectivity index (χ2v) is 5.09. The number of nitrogens with zero attached hydrogens (tertiary/aromatic N) is 1. The van der Waals surface area contributed by atoms with Crippen LogP contribution in [-0.4, -0.2) is 5.97 Å². The predicted molar refractivity (Wildman–Crippen MR) is 90.0 cm³/mol. The lowest BCUT2D eigenvalue weighted by molar-refractivity contribution is 0.0701. The Labute approximate surface area is 143 Å². The highest BCUT2D eigenvalue weighted by Gasteiger charge is 2.11. The van der Waals surface area contributed by atoms with Gasteiger partial charge in [0.15, 0.2) is 0 Å². The van der Waals surface area contributed by atoms with Crippen molar-refractivity contribution in [3.63, 3.8) is 0 Å². The quantitative estimate of drug-likeness (QED) is 0.300. The highest BCUT2D eigenvalue weighted by molar-refractivity contribution is 5.90. The second kappa shape index (κ2) is 7.28. The molecule has 3 aromatic rings. The Morgan fingerprint density at radius 1 is 1.08 bits per heavy atom. The van der Waals surface area contributed by atoms with E-state index in [4.69, 9.17) is 9.15 Å². The van der Waals surface area contributed by atoms with Crippen molar-refractivity contribution < 1.29 is 18.3 Å². The number of ether oxygens (including phenoxy) is 1. The number of hydrogen-bond donors (Lipinski definition) is 0. The van der Waals surface area contributed by atoms with Gasteiger partial charge in [-0.3, -0.25) is 0 Å². The smallest absolute Gasteiger partial charge is 0.379 e. The van der Waals surface area contributed by atoms with Gasteiger partial charge in [-0.25, -0.2) is 9.18 Å². The highest BCUT2D eigenvalue weighted by atomic mass is 19.1. The van der Waals surface area contributed by atoms with Crippen LogP contribution in [0.1, 0.15) is 21.7 Å². The fourth-order valence-electron chi connectivity index (χ4n) is 2.20. The Hall–Kier alpha value is -3.65. The van der Waals surface area contributed by atoms with Gasteiger partial charge in [-0.05, 0) is 42.0 Å². The van der Waals surface area contributed by atoms with Crippen molar-refractivity contribution in [3.8, 4) is 11.8 Å². The van der Waals surface area contributed by atoms with E-state index in [-0.39, 0.29) is 16.9 Å². The number of carbonyl (C=O) groups excluding carboxylic acids is 1. The number of esters is 1. The standard InChI is InChI=1S/C20H12FNO3/c21-18-5-2-1-4-17(18)15(13-22)12-14-7-9-16(10-8-14)25-20(23)19-6-3-11-24-19/h1-12H/b15-12-. The zero-order valence-corrected chi connectivity index (χ0v) is 13.0. The van der Waals surface area contributed by atoms with E-state index in [1.165, 1.54) is 18.4 Å². The molecule has 0 saturated carbocycles.